The molecular formula is C17H23N3O3S. The first-order valence-corrected chi connectivity index (χ1v) is 8.58. The van der Waals surface area contributed by atoms with Gasteiger partial charge >= 0.3 is 0 Å². The molecule has 1 amide bonds. The van der Waals surface area contributed by atoms with Crippen molar-refractivity contribution in [1.82, 2.24) is 9.88 Å². The fraction of sp³-hybridized carbons (Fsp3) is 0.412. The predicted molar refractivity (Wildman–Crippen MR) is 96.7 cm³/mol. The Kier molecular flexibility index (Phi) is 7.17. The lowest BCUT2D eigenvalue weighted by Gasteiger charge is -2.15. The fourth-order valence-electron chi connectivity index (χ4n) is 2.27. The highest BCUT2D eigenvalue weighted by molar-refractivity contribution is 7.14. The van der Waals surface area contributed by atoms with Crippen LogP contribution in [0.4, 0.5) is 5.13 Å². The van der Waals surface area contributed by atoms with Crippen molar-refractivity contribution in [3.63, 3.8) is 0 Å². The van der Waals surface area contributed by atoms with Crippen LogP contribution in [-0.2, 0) is 9.53 Å². The number of likely N-dealkylation sites (N-methyl/N-ethyl adjacent to an activating group) is 1. The van der Waals surface area contributed by atoms with Crippen LogP contribution in [0, 0.1) is 0 Å². The third-order valence-electron chi connectivity index (χ3n) is 3.44. The van der Waals surface area contributed by atoms with Crippen LogP contribution in [0.3, 0.4) is 0 Å². The van der Waals surface area contributed by atoms with Gasteiger partial charge in [-0.2, -0.15) is 0 Å². The van der Waals surface area contributed by atoms with Gasteiger partial charge in [-0.05, 0) is 25.6 Å². The highest BCUT2D eigenvalue weighted by atomic mass is 32.1. The first-order chi connectivity index (χ1) is 11.6. The molecule has 0 fully saturated rings. The number of benzene rings is 1. The molecule has 0 aliphatic heterocycles. The van der Waals surface area contributed by atoms with Crippen LogP contribution in [0.5, 0.6) is 5.75 Å². The molecule has 7 heteroatoms. The summed E-state index contributed by atoms with van der Waals surface area (Å²) in [5, 5.41) is 5.35. The van der Waals surface area contributed by atoms with Crippen LogP contribution in [0.25, 0.3) is 11.3 Å². The number of methoxy groups -OCH3 is 2. The van der Waals surface area contributed by atoms with Crippen molar-refractivity contribution >= 4 is 22.4 Å². The van der Waals surface area contributed by atoms with Crippen molar-refractivity contribution in [3.8, 4) is 17.0 Å². The number of hydrogen-bond acceptors (Lipinski definition) is 6. The van der Waals surface area contributed by atoms with Crippen molar-refractivity contribution in [1.29, 1.82) is 0 Å². The van der Waals surface area contributed by atoms with E-state index < -0.39 is 0 Å². The number of thiazole rings is 1. The lowest BCUT2D eigenvalue weighted by atomic mass is 10.1. The van der Waals surface area contributed by atoms with E-state index >= 15 is 0 Å². The van der Waals surface area contributed by atoms with Gasteiger partial charge in [-0.25, -0.2) is 4.98 Å². The molecule has 1 N–H and O–H groups in total. The first-order valence-electron chi connectivity index (χ1n) is 7.70. The highest BCUT2D eigenvalue weighted by Crippen LogP contribution is 2.31. The van der Waals surface area contributed by atoms with E-state index in [4.69, 9.17) is 9.47 Å². The van der Waals surface area contributed by atoms with Gasteiger partial charge in [-0.3, -0.25) is 9.69 Å². The number of nitrogens with zero attached hydrogens (tertiary/aromatic N) is 2. The molecule has 130 valence electrons. The summed E-state index contributed by atoms with van der Waals surface area (Å²) >= 11 is 1.40. The Hall–Kier alpha value is -1.96. The molecule has 0 unspecified atom stereocenters. The highest BCUT2D eigenvalue weighted by Gasteiger charge is 2.12. The molecule has 6 nitrogen and oxygen atoms in total. The molecule has 0 bridgehead atoms. The van der Waals surface area contributed by atoms with Crippen molar-refractivity contribution in [2.45, 2.75) is 6.42 Å². The monoisotopic (exact) mass is 349 g/mol. The van der Waals surface area contributed by atoms with Gasteiger partial charge in [0.05, 0.1) is 19.3 Å². The van der Waals surface area contributed by atoms with Crippen LogP contribution in [0.15, 0.2) is 29.6 Å². The Morgan fingerprint density at radius 1 is 1.33 bits per heavy atom. The molecule has 0 spiro atoms. The second-order valence-electron chi connectivity index (χ2n) is 5.37. The zero-order valence-corrected chi connectivity index (χ0v) is 15.1. The van der Waals surface area contributed by atoms with Gasteiger partial charge < -0.3 is 14.8 Å². The number of rotatable bonds is 9. The van der Waals surface area contributed by atoms with Crippen molar-refractivity contribution in [2.75, 3.05) is 46.3 Å². The second-order valence-corrected chi connectivity index (χ2v) is 6.23. The van der Waals surface area contributed by atoms with Gasteiger partial charge in [0.25, 0.3) is 0 Å². The van der Waals surface area contributed by atoms with Gasteiger partial charge in [0.1, 0.15) is 5.75 Å². The van der Waals surface area contributed by atoms with E-state index in [2.05, 4.69) is 10.3 Å². The maximum atomic E-state index is 12.1. The molecule has 0 aliphatic carbocycles. The van der Waals surface area contributed by atoms with E-state index in [9.17, 15) is 4.79 Å². The van der Waals surface area contributed by atoms with Gasteiger partial charge in [-0.1, -0.05) is 12.1 Å². The van der Waals surface area contributed by atoms with E-state index in [0.717, 1.165) is 30.0 Å². The molecule has 0 radical (unpaired) electrons. The Morgan fingerprint density at radius 3 is 2.88 bits per heavy atom. The van der Waals surface area contributed by atoms with E-state index in [0.29, 0.717) is 18.3 Å². The maximum absolute atomic E-state index is 12.1. The fourth-order valence-corrected chi connectivity index (χ4v) is 3.00. The number of aromatic nitrogens is 1. The molecule has 1 aromatic carbocycles. The average molecular weight is 349 g/mol. The lowest BCUT2D eigenvalue weighted by Crippen LogP contribution is -2.31. The number of carbonyl (C=O) groups excluding carboxylic acids is 1. The summed E-state index contributed by atoms with van der Waals surface area (Å²) in [5.41, 5.74) is 1.70. The maximum Gasteiger partial charge on any atom is 0.240 e. The molecule has 2 aromatic rings. The summed E-state index contributed by atoms with van der Waals surface area (Å²) in [7, 11) is 5.22. The number of carbonyl (C=O) groups is 1. The van der Waals surface area contributed by atoms with Crippen LogP contribution in [-0.4, -0.2) is 56.8 Å². The van der Waals surface area contributed by atoms with Gasteiger partial charge in [0.15, 0.2) is 5.13 Å². The Bertz CT molecular complexity index is 660. The summed E-state index contributed by atoms with van der Waals surface area (Å²) < 4.78 is 10.4. The number of para-hydroxylation sites is 1. The van der Waals surface area contributed by atoms with Crippen LogP contribution in [0.2, 0.25) is 0 Å². The van der Waals surface area contributed by atoms with Crippen molar-refractivity contribution < 1.29 is 14.3 Å². The zero-order valence-electron chi connectivity index (χ0n) is 14.2. The molecule has 1 heterocycles. The van der Waals surface area contributed by atoms with Crippen molar-refractivity contribution in [2.24, 2.45) is 0 Å². The first kappa shape index (κ1) is 18.4. The molecule has 0 saturated heterocycles. The van der Waals surface area contributed by atoms with E-state index in [1.807, 2.05) is 41.6 Å². The standard InChI is InChI=1S/C17H23N3O3S/c1-20(9-6-10-22-2)11-16(21)19-17-18-14(12-24-17)13-7-4-5-8-15(13)23-3/h4-5,7-8,12H,6,9-11H2,1-3H3,(H,18,19,21). The number of amides is 1. The van der Waals surface area contributed by atoms with Crippen molar-refractivity contribution in [3.05, 3.63) is 29.6 Å². The number of hydrogen-bond donors (Lipinski definition) is 1. The van der Waals surface area contributed by atoms with Gasteiger partial charge in [0.2, 0.25) is 5.91 Å². The summed E-state index contributed by atoms with van der Waals surface area (Å²) in [6.07, 6.45) is 0.898. The average Bonchev–Trinajstić information content (AvgIpc) is 3.03. The number of anilines is 1. The van der Waals surface area contributed by atoms with E-state index in [1.54, 1.807) is 14.2 Å². The Morgan fingerprint density at radius 2 is 2.12 bits per heavy atom. The minimum Gasteiger partial charge on any atom is -0.496 e. The molecule has 0 atom stereocenters. The van der Waals surface area contributed by atoms with Crippen LogP contribution in [0.1, 0.15) is 6.42 Å². The van der Waals surface area contributed by atoms with Crippen LogP contribution >= 0.6 is 11.3 Å². The smallest absolute Gasteiger partial charge is 0.240 e. The zero-order chi connectivity index (χ0) is 17.4. The molecular weight excluding hydrogens is 326 g/mol. The minimum absolute atomic E-state index is 0.0733. The summed E-state index contributed by atoms with van der Waals surface area (Å²) in [4.78, 5) is 18.5. The second kappa shape index (κ2) is 9.36. The molecule has 1 aromatic heterocycles. The topological polar surface area (TPSA) is 63.7 Å². The number of ether oxygens (including phenoxy) is 2. The van der Waals surface area contributed by atoms with Crippen LogP contribution < -0.4 is 10.1 Å². The third kappa shape index (κ3) is 5.30. The minimum atomic E-state index is -0.0733. The summed E-state index contributed by atoms with van der Waals surface area (Å²) in [5.74, 6) is 0.689. The lowest BCUT2D eigenvalue weighted by molar-refractivity contribution is -0.117. The predicted octanol–water partition coefficient (Wildman–Crippen LogP) is 2.73. The summed E-state index contributed by atoms with van der Waals surface area (Å²) in [6.45, 7) is 1.83. The Labute approximate surface area is 146 Å². The number of nitrogens with one attached hydrogen (secondary N) is 1. The van der Waals surface area contributed by atoms with Gasteiger partial charge in [0, 0.05) is 31.2 Å². The third-order valence-corrected chi connectivity index (χ3v) is 4.19. The molecule has 2 rings (SSSR count). The normalized spacial score (nSPS) is 10.8. The van der Waals surface area contributed by atoms with E-state index in [-0.39, 0.29) is 5.91 Å². The molecule has 0 aliphatic rings. The summed E-state index contributed by atoms with van der Waals surface area (Å²) in [6, 6.07) is 7.69. The van der Waals surface area contributed by atoms with Gasteiger partial charge in [-0.15, -0.1) is 11.3 Å². The molecule has 0 saturated carbocycles. The quantitative estimate of drug-likeness (QED) is 0.705. The SMILES string of the molecule is COCCCN(C)CC(=O)Nc1nc(-c2ccccc2OC)cs1. The molecule has 24 heavy (non-hydrogen) atoms. The van der Waals surface area contributed by atoms with E-state index in [1.165, 1.54) is 11.3 Å². The Balaban J connectivity index is 1.92. The largest absolute Gasteiger partial charge is 0.496 e.